The second-order valence-corrected chi connectivity index (χ2v) is 8.09. The molecule has 0 amide bonds. The van der Waals surface area contributed by atoms with E-state index in [0.717, 1.165) is 54.2 Å². The number of hydrogen-bond donors (Lipinski definition) is 2. The van der Waals surface area contributed by atoms with Gasteiger partial charge in [-0.3, -0.25) is 4.98 Å². The Bertz CT molecular complexity index is 1060. The lowest BCUT2D eigenvalue weighted by atomic mass is 10.1. The molecule has 32 heavy (non-hydrogen) atoms. The zero-order valence-electron chi connectivity index (χ0n) is 18.9. The fourth-order valence-electron chi connectivity index (χ4n) is 3.88. The van der Waals surface area contributed by atoms with Crippen molar-refractivity contribution in [2.75, 3.05) is 19.8 Å². The van der Waals surface area contributed by atoms with Crippen LogP contribution >= 0.6 is 0 Å². The van der Waals surface area contributed by atoms with Crippen molar-refractivity contribution in [1.82, 2.24) is 15.6 Å². The summed E-state index contributed by atoms with van der Waals surface area (Å²) in [7, 11) is 0. The van der Waals surface area contributed by atoms with E-state index in [1.807, 2.05) is 24.4 Å². The summed E-state index contributed by atoms with van der Waals surface area (Å²) in [6, 6.07) is 16.5. The van der Waals surface area contributed by atoms with Crippen molar-refractivity contribution in [3.8, 4) is 5.75 Å². The minimum Gasteiger partial charge on any atom is -0.491 e. The SMILES string of the molecule is CCNC(=NCc1ccc(C)cc1OCC1CCCO1)NCc1ccnc2ccccc12. The summed E-state index contributed by atoms with van der Waals surface area (Å²) in [5, 5.41) is 7.95. The van der Waals surface area contributed by atoms with Gasteiger partial charge in [0, 0.05) is 36.8 Å². The van der Waals surface area contributed by atoms with E-state index in [0.29, 0.717) is 19.7 Å². The Balaban J connectivity index is 1.44. The van der Waals surface area contributed by atoms with Gasteiger partial charge in [-0.05, 0) is 56.0 Å². The van der Waals surface area contributed by atoms with Gasteiger partial charge in [0.1, 0.15) is 12.4 Å². The van der Waals surface area contributed by atoms with Crippen molar-refractivity contribution in [2.45, 2.75) is 45.9 Å². The minimum atomic E-state index is 0.195. The number of rotatable bonds is 8. The van der Waals surface area contributed by atoms with E-state index >= 15 is 0 Å². The van der Waals surface area contributed by atoms with E-state index in [-0.39, 0.29) is 6.10 Å². The number of guanidine groups is 1. The molecular formula is C26H32N4O2. The maximum absolute atomic E-state index is 6.13. The Morgan fingerprint density at radius 1 is 1.16 bits per heavy atom. The Labute approximate surface area is 190 Å². The van der Waals surface area contributed by atoms with E-state index < -0.39 is 0 Å². The Hall–Kier alpha value is -3.12. The predicted octanol–water partition coefficient (Wildman–Crippen LogP) is 4.36. The van der Waals surface area contributed by atoms with Gasteiger partial charge < -0.3 is 20.1 Å². The van der Waals surface area contributed by atoms with Crippen LogP contribution in [0.4, 0.5) is 0 Å². The quantitative estimate of drug-likeness (QED) is 0.409. The zero-order valence-corrected chi connectivity index (χ0v) is 18.9. The largest absolute Gasteiger partial charge is 0.491 e. The molecule has 2 aromatic carbocycles. The van der Waals surface area contributed by atoms with E-state index in [4.69, 9.17) is 14.5 Å². The molecule has 1 aromatic heterocycles. The number of aromatic nitrogens is 1. The van der Waals surface area contributed by atoms with Crippen molar-refractivity contribution in [1.29, 1.82) is 0 Å². The number of fused-ring (bicyclic) bond motifs is 1. The molecule has 1 saturated heterocycles. The van der Waals surface area contributed by atoms with Gasteiger partial charge in [-0.1, -0.05) is 30.3 Å². The molecule has 3 aromatic rings. The van der Waals surface area contributed by atoms with Gasteiger partial charge in [-0.2, -0.15) is 0 Å². The highest BCUT2D eigenvalue weighted by Crippen LogP contribution is 2.23. The van der Waals surface area contributed by atoms with Crippen molar-refractivity contribution < 1.29 is 9.47 Å². The monoisotopic (exact) mass is 432 g/mol. The number of benzene rings is 2. The van der Waals surface area contributed by atoms with Crippen LogP contribution in [0.2, 0.25) is 0 Å². The molecule has 0 bridgehead atoms. The first-order valence-electron chi connectivity index (χ1n) is 11.4. The molecule has 0 spiro atoms. The third-order valence-corrected chi connectivity index (χ3v) is 5.61. The van der Waals surface area contributed by atoms with Gasteiger partial charge in [-0.25, -0.2) is 4.99 Å². The minimum absolute atomic E-state index is 0.195. The van der Waals surface area contributed by atoms with Crippen molar-refractivity contribution in [3.05, 3.63) is 71.4 Å². The van der Waals surface area contributed by atoms with E-state index in [9.17, 15) is 0 Å². The summed E-state index contributed by atoms with van der Waals surface area (Å²) in [6.45, 7) is 7.58. The molecule has 4 rings (SSSR count). The summed E-state index contributed by atoms with van der Waals surface area (Å²) in [4.78, 5) is 9.26. The highest BCUT2D eigenvalue weighted by molar-refractivity contribution is 5.83. The molecule has 0 radical (unpaired) electrons. The van der Waals surface area contributed by atoms with E-state index in [2.05, 4.69) is 59.8 Å². The maximum Gasteiger partial charge on any atom is 0.191 e. The average Bonchev–Trinajstić information content (AvgIpc) is 3.34. The third-order valence-electron chi connectivity index (χ3n) is 5.61. The third kappa shape index (κ3) is 5.77. The fourth-order valence-corrected chi connectivity index (χ4v) is 3.88. The van der Waals surface area contributed by atoms with Crippen LogP contribution in [-0.2, 0) is 17.8 Å². The molecule has 0 saturated carbocycles. The highest BCUT2D eigenvalue weighted by atomic mass is 16.5. The number of aliphatic imine (C=N–C) groups is 1. The lowest BCUT2D eigenvalue weighted by Gasteiger charge is -2.16. The lowest BCUT2D eigenvalue weighted by Crippen LogP contribution is -2.36. The molecule has 1 atom stereocenters. The molecular weight excluding hydrogens is 400 g/mol. The van der Waals surface area contributed by atoms with Crippen LogP contribution in [-0.4, -0.2) is 36.8 Å². The number of nitrogens with zero attached hydrogens (tertiary/aromatic N) is 2. The predicted molar refractivity (Wildman–Crippen MR) is 129 cm³/mol. The molecule has 6 nitrogen and oxygen atoms in total. The van der Waals surface area contributed by atoms with Crippen LogP contribution in [0.1, 0.15) is 36.5 Å². The topological polar surface area (TPSA) is 67.8 Å². The first-order chi connectivity index (χ1) is 15.7. The van der Waals surface area contributed by atoms with Gasteiger partial charge in [-0.15, -0.1) is 0 Å². The fraction of sp³-hybridized carbons (Fsp3) is 0.385. The molecule has 1 aliphatic rings. The standard InChI is InChI=1S/C26H32N4O2/c1-3-27-26(29-16-20-12-13-28-24-9-5-4-8-23(20)24)30-17-21-11-10-19(2)15-25(21)32-18-22-7-6-14-31-22/h4-5,8-13,15,22H,3,6-7,14,16-18H2,1-2H3,(H2,27,29,30). The maximum atomic E-state index is 6.13. The van der Waals surface area contributed by atoms with Crippen LogP contribution < -0.4 is 15.4 Å². The zero-order chi connectivity index (χ0) is 22.2. The number of ether oxygens (including phenoxy) is 2. The molecule has 0 aliphatic carbocycles. The average molecular weight is 433 g/mol. The number of para-hydroxylation sites is 1. The van der Waals surface area contributed by atoms with Crippen LogP contribution in [0, 0.1) is 6.92 Å². The molecule has 2 heterocycles. The van der Waals surface area contributed by atoms with Crippen LogP contribution in [0.3, 0.4) is 0 Å². The summed E-state index contributed by atoms with van der Waals surface area (Å²) in [6.07, 6.45) is 4.23. The van der Waals surface area contributed by atoms with Crippen LogP contribution in [0.15, 0.2) is 59.7 Å². The van der Waals surface area contributed by atoms with Gasteiger partial charge in [0.25, 0.3) is 0 Å². The molecule has 1 fully saturated rings. The molecule has 1 aliphatic heterocycles. The van der Waals surface area contributed by atoms with Crippen LogP contribution in [0.25, 0.3) is 10.9 Å². The van der Waals surface area contributed by atoms with Gasteiger partial charge in [0.15, 0.2) is 5.96 Å². The Morgan fingerprint density at radius 2 is 2.06 bits per heavy atom. The Kier molecular flexibility index (Phi) is 7.56. The summed E-state index contributed by atoms with van der Waals surface area (Å²) in [5.41, 5.74) is 4.44. The van der Waals surface area contributed by atoms with Gasteiger partial charge >= 0.3 is 0 Å². The second kappa shape index (κ2) is 11.0. The summed E-state index contributed by atoms with van der Waals surface area (Å²) in [5.74, 6) is 1.67. The molecule has 2 N–H and O–H groups in total. The summed E-state index contributed by atoms with van der Waals surface area (Å²) >= 11 is 0. The van der Waals surface area contributed by atoms with Crippen LogP contribution in [0.5, 0.6) is 5.75 Å². The molecule has 1 unspecified atom stereocenters. The van der Waals surface area contributed by atoms with E-state index in [1.54, 1.807) is 0 Å². The second-order valence-electron chi connectivity index (χ2n) is 8.09. The van der Waals surface area contributed by atoms with Crippen molar-refractivity contribution in [2.24, 2.45) is 4.99 Å². The number of pyridine rings is 1. The van der Waals surface area contributed by atoms with E-state index in [1.165, 1.54) is 11.1 Å². The van der Waals surface area contributed by atoms with Crippen molar-refractivity contribution >= 4 is 16.9 Å². The van der Waals surface area contributed by atoms with Gasteiger partial charge in [0.05, 0.1) is 18.2 Å². The molecule has 168 valence electrons. The van der Waals surface area contributed by atoms with Gasteiger partial charge in [0.2, 0.25) is 0 Å². The number of aryl methyl sites for hydroxylation is 1. The summed E-state index contributed by atoms with van der Waals surface area (Å²) < 4.78 is 11.8. The van der Waals surface area contributed by atoms with Crippen molar-refractivity contribution in [3.63, 3.8) is 0 Å². The smallest absolute Gasteiger partial charge is 0.191 e. The normalized spacial score (nSPS) is 16.3. The molecule has 6 heteroatoms. The first-order valence-corrected chi connectivity index (χ1v) is 11.4. The number of hydrogen-bond acceptors (Lipinski definition) is 4. The number of nitrogens with one attached hydrogen (secondary N) is 2. The highest BCUT2D eigenvalue weighted by Gasteiger charge is 2.17. The Morgan fingerprint density at radius 3 is 2.91 bits per heavy atom. The lowest BCUT2D eigenvalue weighted by molar-refractivity contribution is 0.0676. The first kappa shape index (κ1) is 22.1.